The highest BCUT2D eigenvalue weighted by molar-refractivity contribution is 6.11. The number of benzene rings is 10. The number of fused-ring (bicyclic) bond motifs is 19. The molecule has 1 spiro atoms. The van der Waals surface area contributed by atoms with Gasteiger partial charge in [0.05, 0.1) is 5.41 Å². The minimum absolute atomic E-state index is 0.739. The number of ether oxygens (including phenoxy) is 1. The summed E-state index contributed by atoms with van der Waals surface area (Å²) in [6.45, 7) is 0. The van der Waals surface area contributed by atoms with Crippen LogP contribution in [0.3, 0.4) is 0 Å². The Morgan fingerprint density at radius 1 is 0.300 bits per heavy atom. The monoisotopic (exact) mass is 764 g/mol. The highest BCUT2D eigenvalue weighted by Crippen LogP contribution is 2.65. The van der Waals surface area contributed by atoms with Gasteiger partial charge in [-0.3, -0.25) is 0 Å². The second kappa shape index (κ2) is 11.6. The standard InChI is InChI=1S/C57H32O3/c1-3-13-37-33(11-1)25-29-47-55(37)60-56-38-14-4-2-12-34(38)26-30-48(56)57(47)49-31-35(39-17-9-19-45-43-15-5-7-21-51(43)58-53(39)45)23-27-41(49)42-28-24-36(32-50(42)57)40-18-10-20-46-44-16-6-8-22-52(44)59-54(40)46/h1-32H. The van der Waals surface area contributed by atoms with E-state index in [-0.39, 0.29) is 0 Å². The van der Waals surface area contributed by atoms with Gasteiger partial charge in [-0.15, -0.1) is 0 Å². The number of rotatable bonds is 2. The Bertz CT molecular complexity index is 3570. The second-order valence-corrected chi connectivity index (χ2v) is 16.3. The van der Waals surface area contributed by atoms with Crippen molar-refractivity contribution in [2.24, 2.45) is 0 Å². The molecule has 278 valence electrons. The fourth-order valence-corrected chi connectivity index (χ4v) is 10.7. The zero-order chi connectivity index (χ0) is 39.1. The summed E-state index contributed by atoms with van der Waals surface area (Å²) in [4.78, 5) is 0. The van der Waals surface area contributed by atoms with Crippen LogP contribution in [0, 0.1) is 0 Å². The van der Waals surface area contributed by atoms with E-state index >= 15 is 0 Å². The predicted molar refractivity (Wildman–Crippen MR) is 244 cm³/mol. The van der Waals surface area contributed by atoms with Crippen molar-refractivity contribution >= 4 is 65.4 Å². The Hall–Kier alpha value is -7.88. The molecule has 3 heteroatoms. The Balaban J connectivity index is 1.12. The van der Waals surface area contributed by atoms with Crippen molar-refractivity contribution in [3.63, 3.8) is 0 Å². The number of hydrogen-bond donors (Lipinski definition) is 0. The molecule has 2 aliphatic rings. The lowest BCUT2D eigenvalue weighted by Crippen LogP contribution is -2.32. The van der Waals surface area contributed by atoms with Crippen LogP contribution in [0.25, 0.3) is 98.8 Å². The molecule has 3 nitrogen and oxygen atoms in total. The van der Waals surface area contributed by atoms with E-state index < -0.39 is 5.41 Å². The molecule has 1 aliphatic heterocycles. The second-order valence-electron chi connectivity index (χ2n) is 16.3. The molecule has 10 aromatic carbocycles. The quantitative estimate of drug-likeness (QED) is 0.176. The fourth-order valence-electron chi connectivity index (χ4n) is 10.7. The summed E-state index contributed by atoms with van der Waals surface area (Å²) in [7, 11) is 0. The van der Waals surface area contributed by atoms with Crippen LogP contribution in [0.4, 0.5) is 0 Å². The Morgan fingerprint density at radius 3 is 1.23 bits per heavy atom. The molecule has 14 rings (SSSR count). The van der Waals surface area contributed by atoms with Crippen LogP contribution in [0.2, 0.25) is 0 Å². The molecule has 0 saturated carbocycles. The summed E-state index contributed by atoms with van der Waals surface area (Å²) in [5.41, 5.74) is 14.3. The molecule has 60 heavy (non-hydrogen) atoms. The van der Waals surface area contributed by atoms with Crippen molar-refractivity contribution in [3.8, 4) is 44.9 Å². The highest BCUT2D eigenvalue weighted by atomic mass is 16.5. The Labute approximate surface area is 344 Å². The van der Waals surface area contributed by atoms with Crippen molar-refractivity contribution in [1.82, 2.24) is 0 Å². The van der Waals surface area contributed by atoms with Gasteiger partial charge in [0.2, 0.25) is 0 Å². The largest absolute Gasteiger partial charge is 0.455 e. The smallest absolute Gasteiger partial charge is 0.143 e. The molecule has 12 aromatic rings. The summed E-state index contributed by atoms with van der Waals surface area (Å²) in [6.07, 6.45) is 0. The third kappa shape index (κ3) is 4.08. The van der Waals surface area contributed by atoms with Crippen LogP contribution in [-0.2, 0) is 5.41 Å². The third-order valence-corrected chi connectivity index (χ3v) is 13.3. The van der Waals surface area contributed by atoms with Crippen LogP contribution in [0.15, 0.2) is 203 Å². The fraction of sp³-hybridized carbons (Fsp3) is 0.0175. The molecule has 0 radical (unpaired) electrons. The predicted octanol–water partition coefficient (Wildman–Crippen LogP) is 15.6. The summed E-state index contributed by atoms with van der Waals surface area (Å²) in [6, 6.07) is 70.1. The van der Waals surface area contributed by atoms with E-state index in [1.807, 2.05) is 12.1 Å². The maximum Gasteiger partial charge on any atom is 0.143 e. The highest BCUT2D eigenvalue weighted by Gasteiger charge is 2.52. The average molecular weight is 765 g/mol. The van der Waals surface area contributed by atoms with Gasteiger partial charge in [0.1, 0.15) is 33.8 Å². The maximum atomic E-state index is 7.30. The van der Waals surface area contributed by atoms with Crippen molar-refractivity contribution in [2.75, 3.05) is 0 Å². The van der Waals surface area contributed by atoms with Gasteiger partial charge in [-0.1, -0.05) is 170 Å². The van der Waals surface area contributed by atoms with Gasteiger partial charge >= 0.3 is 0 Å². The minimum Gasteiger partial charge on any atom is -0.455 e. The minimum atomic E-state index is -0.739. The zero-order valence-corrected chi connectivity index (χ0v) is 32.2. The van der Waals surface area contributed by atoms with Gasteiger partial charge in [-0.05, 0) is 68.4 Å². The molecule has 0 unspecified atom stereocenters. The molecular weight excluding hydrogens is 733 g/mol. The van der Waals surface area contributed by atoms with Crippen molar-refractivity contribution in [2.45, 2.75) is 5.41 Å². The molecule has 0 atom stereocenters. The topological polar surface area (TPSA) is 35.5 Å². The molecule has 2 aromatic heterocycles. The number of hydrogen-bond acceptors (Lipinski definition) is 3. The van der Waals surface area contributed by atoms with Gasteiger partial charge in [0.15, 0.2) is 0 Å². The first-order chi connectivity index (χ1) is 29.7. The SMILES string of the molecule is c1ccc2c3c(ccc2c1)C1(c2cc(-c4cccc5c4oc4ccccc45)ccc2-c2ccc(-c4cccc5c4oc4ccccc45)cc21)c1ccc2ccccc2c1O3. The third-order valence-electron chi connectivity index (χ3n) is 13.3. The molecule has 3 heterocycles. The maximum absolute atomic E-state index is 7.30. The van der Waals surface area contributed by atoms with Crippen LogP contribution < -0.4 is 4.74 Å². The van der Waals surface area contributed by atoms with E-state index in [0.717, 1.165) is 110 Å². The number of para-hydroxylation sites is 4. The van der Waals surface area contributed by atoms with Gasteiger partial charge < -0.3 is 13.6 Å². The van der Waals surface area contributed by atoms with E-state index in [9.17, 15) is 0 Å². The van der Waals surface area contributed by atoms with E-state index in [4.69, 9.17) is 13.6 Å². The van der Waals surface area contributed by atoms with Crippen LogP contribution >= 0.6 is 0 Å². The van der Waals surface area contributed by atoms with Crippen LogP contribution in [0.1, 0.15) is 22.3 Å². The van der Waals surface area contributed by atoms with Gasteiger partial charge in [-0.25, -0.2) is 0 Å². The van der Waals surface area contributed by atoms with E-state index in [1.165, 1.54) is 22.3 Å². The van der Waals surface area contributed by atoms with Crippen LogP contribution in [-0.4, -0.2) is 0 Å². The van der Waals surface area contributed by atoms with Crippen LogP contribution in [0.5, 0.6) is 11.5 Å². The molecule has 0 bridgehead atoms. The normalized spacial score (nSPS) is 13.6. The van der Waals surface area contributed by atoms with Gasteiger partial charge in [-0.2, -0.15) is 0 Å². The lowest BCUT2D eigenvalue weighted by atomic mass is 9.65. The van der Waals surface area contributed by atoms with E-state index in [0.29, 0.717) is 0 Å². The molecule has 0 fully saturated rings. The first-order valence-corrected chi connectivity index (χ1v) is 20.6. The number of furan rings is 2. The molecular formula is C57H32O3. The lowest BCUT2D eigenvalue weighted by molar-refractivity contribution is 0.447. The van der Waals surface area contributed by atoms with Gasteiger partial charge in [0, 0.05) is 54.6 Å². The molecule has 0 amide bonds. The van der Waals surface area contributed by atoms with E-state index in [1.54, 1.807) is 0 Å². The zero-order valence-electron chi connectivity index (χ0n) is 32.2. The summed E-state index contributed by atoms with van der Waals surface area (Å²) >= 11 is 0. The summed E-state index contributed by atoms with van der Waals surface area (Å²) < 4.78 is 20.6. The first kappa shape index (κ1) is 32.1. The molecule has 0 saturated heterocycles. The van der Waals surface area contributed by atoms with Crippen molar-refractivity contribution in [3.05, 3.63) is 216 Å². The average Bonchev–Trinajstić information content (AvgIpc) is 3.97. The summed E-state index contributed by atoms with van der Waals surface area (Å²) in [5.74, 6) is 1.79. The Morgan fingerprint density at radius 2 is 0.733 bits per heavy atom. The molecule has 1 aliphatic carbocycles. The summed E-state index contributed by atoms with van der Waals surface area (Å²) in [5, 5.41) is 8.95. The lowest BCUT2D eigenvalue weighted by Gasteiger charge is -2.40. The first-order valence-electron chi connectivity index (χ1n) is 20.6. The van der Waals surface area contributed by atoms with E-state index in [2.05, 4.69) is 182 Å². The van der Waals surface area contributed by atoms with Crippen molar-refractivity contribution < 1.29 is 13.6 Å². The van der Waals surface area contributed by atoms with Gasteiger partial charge in [0.25, 0.3) is 0 Å². The Kier molecular flexibility index (Phi) is 6.22. The molecule has 0 N–H and O–H groups in total. The van der Waals surface area contributed by atoms with Crippen molar-refractivity contribution in [1.29, 1.82) is 0 Å².